The predicted molar refractivity (Wildman–Crippen MR) is 170 cm³/mol. The summed E-state index contributed by atoms with van der Waals surface area (Å²) in [5.74, 6) is 1.24. The smallest absolute Gasteiger partial charge is 0.416 e. The Bertz CT molecular complexity index is 1720. The Morgan fingerprint density at radius 2 is 1.78 bits per heavy atom. The monoisotopic (exact) mass is 616 g/mol. The zero-order valence-electron chi connectivity index (χ0n) is 25.2. The predicted octanol–water partition coefficient (Wildman–Crippen LogP) is 6.42. The molecule has 234 valence electrons. The van der Waals surface area contributed by atoms with Gasteiger partial charge in [-0.15, -0.1) is 0 Å². The lowest BCUT2D eigenvalue weighted by atomic mass is 10.0. The van der Waals surface area contributed by atoms with Crippen LogP contribution in [0.1, 0.15) is 32.6 Å². The van der Waals surface area contributed by atoms with Gasteiger partial charge >= 0.3 is 6.18 Å². The van der Waals surface area contributed by atoms with Crippen LogP contribution in [0.4, 0.5) is 30.4 Å². The molecule has 8 nitrogen and oxygen atoms in total. The second kappa shape index (κ2) is 12.4. The number of nitrogen functional groups attached to an aromatic ring is 1. The number of alkyl halides is 3. The highest BCUT2D eigenvalue weighted by Crippen LogP contribution is 2.38. The molecule has 1 aromatic heterocycles. The van der Waals surface area contributed by atoms with Crippen molar-refractivity contribution < 1.29 is 22.7 Å². The third kappa shape index (κ3) is 6.89. The van der Waals surface area contributed by atoms with Gasteiger partial charge in [0.15, 0.2) is 0 Å². The lowest BCUT2D eigenvalue weighted by molar-refractivity contribution is -0.138. The molecule has 0 saturated carbocycles. The number of pyridine rings is 1. The van der Waals surface area contributed by atoms with Gasteiger partial charge in [-0.2, -0.15) is 13.2 Å². The van der Waals surface area contributed by atoms with Crippen LogP contribution in [-0.2, 0) is 19.1 Å². The Balaban J connectivity index is 1.23. The van der Waals surface area contributed by atoms with E-state index in [9.17, 15) is 18.0 Å². The van der Waals surface area contributed by atoms with Crippen LogP contribution < -0.4 is 21.1 Å². The zero-order chi connectivity index (χ0) is 31.7. The van der Waals surface area contributed by atoms with Crippen molar-refractivity contribution in [2.24, 2.45) is 0 Å². The van der Waals surface area contributed by atoms with Crippen molar-refractivity contribution >= 4 is 23.1 Å². The van der Waals surface area contributed by atoms with Crippen molar-refractivity contribution in [2.45, 2.75) is 26.1 Å². The van der Waals surface area contributed by atoms with Crippen molar-refractivity contribution in [1.29, 1.82) is 0 Å². The number of hydrogen-bond donors (Lipinski definition) is 3. The van der Waals surface area contributed by atoms with Gasteiger partial charge in [-0.25, -0.2) is 4.98 Å². The number of amides is 1. The Hall–Kier alpha value is -4.61. The number of nitrogens with two attached hydrogens (primary N) is 1. The molecule has 3 heterocycles. The van der Waals surface area contributed by atoms with Crippen molar-refractivity contribution in [3.05, 3.63) is 94.5 Å². The maximum atomic E-state index is 14.1. The van der Waals surface area contributed by atoms with Gasteiger partial charge < -0.3 is 26.0 Å². The van der Waals surface area contributed by atoms with Crippen molar-refractivity contribution in [2.75, 3.05) is 56.1 Å². The summed E-state index contributed by atoms with van der Waals surface area (Å²) in [6.07, 6.45) is -3.83. The van der Waals surface area contributed by atoms with E-state index >= 15 is 0 Å². The van der Waals surface area contributed by atoms with Crippen LogP contribution in [0.25, 0.3) is 11.3 Å². The molecule has 1 saturated heterocycles. The van der Waals surface area contributed by atoms with Gasteiger partial charge in [-0.3, -0.25) is 9.69 Å². The largest absolute Gasteiger partial charge is 0.457 e. The molecule has 45 heavy (non-hydrogen) atoms. The molecule has 4 aromatic rings. The average Bonchev–Trinajstić information content (AvgIpc) is 3.49. The lowest BCUT2D eigenvalue weighted by Crippen LogP contribution is -2.44. The molecule has 0 atom stereocenters. The molecule has 6 rings (SSSR count). The molecule has 2 aliphatic heterocycles. The molecule has 1 fully saturated rings. The highest BCUT2D eigenvalue weighted by molar-refractivity contribution is 6.05. The average molecular weight is 617 g/mol. The highest BCUT2D eigenvalue weighted by atomic mass is 19.4. The number of piperazine rings is 1. The molecule has 3 aromatic carbocycles. The molecule has 1 amide bonds. The van der Waals surface area contributed by atoms with E-state index in [1.54, 1.807) is 25.1 Å². The third-order valence-corrected chi connectivity index (χ3v) is 8.30. The first-order valence-corrected chi connectivity index (χ1v) is 14.9. The maximum absolute atomic E-state index is 14.1. The molecule has 0 bridgehead atoms. The van der Waals surface area contributed by atoms with Crippen LogP contribution in [0.15, 0.2) is 66.7 Å². The van der Waals surface area contributed by atoms with Gasteiger partial charge in [0.25, 0.3) is 5.91 Å². The first kappa shape index (κ1) is 30.4. The number of aromatic nitrogens is 1. The van der Waals surface area contributed by atoms with E-state index in [4.69, 9.17) is 15.5 Å². The Morgan fingerprint density at radius 3 is 2.51 bits per heavy atom. The van der Waals surface area contributed by atoms with E-state index in [0.717, 1.165) is 49.1 Å². The summed E-state index contributed by atoms with van der Waals surface area (Å²) in [5, 5.41) is 5.96. The second-order valence-electron chi connectivity index (χ2n) is 11.6. The first-order valence-electron chi connectivity index (χ1n) is 14.9. The van der Waals surface area contributed by atoms with Crippen molar-refractivity contribution in [1.82, 2.24) is 14.8 Å². The number of aryl methyl sites for hydroxylation is 1. The van der Waals surface area contributed by atoms with Crippen molar-refractivity contribution in [3.63, 3.8) is 0 Å². The first-order chi connectivity index (χ1) is 21.5. The number of ether oxygens (including phenoxy) is 1. The van der Waals surface area contributed by atoms with Crippen LogP contribution >= 0.6 is 0 Å². The van der Waals surface area contributed by atoms with E-state index in [2.05, 4.69) is 15.5 Å². The minimum atomic E-state index is -4.56. The number of nitrogens with zero attached hydrogens (tertiary/aromatic N) is 3. The Morgan fingerprint density at radius 1 is 1.02 bits per heavy atom. The number of hydrogen-bond acceptors (Lipinski definition) is 7. The van der Waals surface area contributed by atoms with E-state index in [0.29, 0.717) is 47.1 Å². The van der Waals surface area contributed by atoms with Crippen molar-refractivity contribution in [3.8, 4) is 22.8 Å². The quantitative estimate of drug-likeness (QED) is 0.206. The number of benzene rings is 3. The standard InChI is InChI=1S/C34H35F3N6O2/c1-21-3-10-26(45-31-19-30(22-4-7-24(38)8-5-22)41-32-27(31)11-12-39-32)18-28(21)33(44)40-25-9-6-23(29(17-25)34(35,36)37)20-43-15-13-42(2)14-16-43/h3-10,17-19H,11-16,20,38H2,1-2H3,(H,39,41)(H,40,44). The fourth-order valence-electron chi connectivity index (χ4n) is 5.67. The van der Waals surface area contributed by atoms with Crippen LogP contribution in [0.5, 0.6) is 11.5 Å². The molecule has 0 unspecified atom stereocenters. The summed E-state index contributed by atoms with van der Waals surface area (Å²) < 4.78 is 48.6. The van der Waals surface area contributed by atoms with Crippen LogP contribution in [0.2, 0.25) is 0 Å². The van der Waals surface area contributed by atoms with Crippen LogP contribution in [-0.4, -0.2) is 60.5 Å². The van der Waals surface area contributed by atoms with Crippen LogP contribution in [0.3, 0.4) is 0 Å². The Kier molecular flexibility index (Phi) is 8.39. The fourth-order valence-corrected chi connectivity index (χ4v) is 5.67. The SMILES string of the molecule is Cc1ccc(Oc2cc(-c3ccc(N)cc3)nc3c2CCN3)cc1C(=O)Nc1ccc(CN2CCN(C)CC2)c(C(F)(F)F)c1. The molecule has 4 N–H and O–H groups in total. The number of nitrogens with one attached hydrogen (secondary N) is 2. The molecule has 0 aliphatic carbocycles. The highest BCUT2D eigenvalue weighted by Gasteiger charge is 2.34. The summed E-state index contributed by atoms with van der Waals surface area (Å²) in [6.45, 7) is 5.70. The van der Waals surface area contributed by atoms with Gasteiger partial charge in [0.1, 0.15) is 17.3 Å². The number of halogens is 3. The van der Waals surface area contributed by atoms with Gasteiger partial charge in [-0.1, -0.05) is 24.3 Å². The molecular weight excluding hydrogens is 581 g/mol. The topological polar surface area (TPSA) is 95.8 Å². The summed E-state index contributed by atoms with van der Waals surface area (Å²) in [5.41, 5.74) is 9.49. The van der Waals surface area contributed by atoms with E-state index in [-0.39, 0.29) is 17.8 Å². The lowest BCUT2D eigenvalue weighted by Gasteiger charge is -2.33. The van der Waals surface area contributed by atoms with Gasteiger partial charge in [0.2, 0.25) is 0 Å². The number of fused-ring (bicyclic) bond motifs is 1. The number of carbonyl (C=O) groups is 1. The van der Waals surface area contributed by atoms with Gasteiger partial charge in [0.05, 0.1) is 11.3 Å². The second-order valence-corrected chi connectivity index (χ2v) is 11.6. The Labute approximate surface area is 260 Å². The number of carbonyl (C=O) groups excluding carboxylic acids is 1. The fraction of sp³-hybridized carbons (Fsp3) is 0.294. The van der Waals surface area contributed by atoms with E-state index < -0.39 is 17.6 Å². The summed E-state index contributed by atoms with van der Waals surface area (Å²) in [7, 11) is 2.00. The third-order valence-electron chi connectivity index (χ3n) is 8.30. The molecule has 0 spiro atoms. The molecule has 2 aliphatic rings. The normalized spacial score (nSPS) is 15.4. The van der Waals surface area contributed by atoms with E-state index in [1.807, 2.05) is 42.3 Å². The van der Waals surface area contributed by atoms with Gasteiger partial charge in [-0.05, 0) is 67.9 Å². The minimum Gasteiger partial charge on any atom is -0.457 e. The molecular formula is C34H35F3N6O2. The zero-order valence-corrected chi connectivity index (χ0v) is 25.2. The van der Waals surface area contributed by atoms with E-state index in [1.165, 1.54) is 12.1 Å². The number of rotatable bonds is 7. The summed E-state index contributed by atoms with van der Waals surface area (Å²) >= 11 is 0. The van der Waals surface area contributed by atoms with Gasteiger partial charge in [0, 0.05) is 73.4 Å². The maximum Gasteiger partial charge on any atom is 0.416 e. The van der Waals surface area contributed by atoms with Crippen LogP contribution in [0, 0.1) is 6.92 Å². The molecule has 11 heteroatoms. The number of anilines is 3. The minimum absolute atomic E-state index is 0.0753. The number of likely N-dealkylation sites (N-methyl/N-ethyl adjacent to an activating group) is 1. The summed E-state index contributed by atoms with van der Waals surface area (Å²) in [6, 6.07) is 18.4. The summed E-state index contributed by atoms with van der Waals surface area (Å²) in [4.78, 5) is 22.3. The molecule has 0 radical (unpaired) electrons.